The van der Waals surface area contributed by atoms with E-state index < -0.39 is 41.3 Å². The van der Waals surface area contributed by atoms with Crippen LogP contribution in [0.3, 0.4) is 0 Å². The van der Waals surface area contributed by atoms with Gasteiger partial charge in [-0.15, -0.1) is 0 Å². The molecule has 1 saturated carbocycles. The highest BCUT2D eigenvalue weighted by atomic mass is 19.1. The van der Waals surface area contributed by atoms with E-state index in [0.717, 1.165) is 31.2 Å². The number of likely N-dealkylation sites (N-methyl/N-ethyl adjacent to an activating group) is 1. The highest BCUT2D eigenvalue weighted by Crippen LogP contribution is 2.39. The van der Waals surface area contributed by atoms with Crippen molar-refractivity contribution in [2.75, 3.05) is 90.2 Å². The first-order valence-electron chi connectivity index (χ1n) is 30.4. The van der Waals surface area contributed by atoms with E-state index in [-0.39, 0.29) is 151 Å². The maximum Gasteiger partial charge on any atom is 0.246 e. The number of ether oxygens (including phenoxy) is 4. The van der Waals surface area contributed by atoms with Gasteiger partial charge in [0.25, 0.3) is 0 Å². The standard InChI is InChI=1S/C63H88FN13O10/c1-8-48(43-14-10-9-11-15-43)71-61(82)52-36-46(39-76(52)62(83)58(63(4,5)6)72-60(81)42(3)67-7)70-55(79)22-27-85-29-31-87-33-32-86-30-28-84-26-21-54(78)68-23-25-77-53(37-65)57-44-35-51(59(66)69-38-44)74-24-13-17-50(74)41(2)34-45(64)16-12-18-56(80)75(47-19-20-47)40-49(57)73-77/h9-12,14-16,34-35,38,42,46-48,50,52,58,67H,2,8,13,17-33,36,39-40H2,1,3-7H3,(H2,66,69)(H,68,78)(H,70,79)(H,71,82)(H,72,81)/b16-12-,45-34+/t42-,46-,48+,50-,52-,58+/m1/s1. The number of benzene rings is 1. The SMILES string of the molecule is C=C1/C=C(F)\C=C/CC(=O)N(C2CC2)Cc2nn(CCNC(=O)CCOCCOCCOCCOCCC(=O)N[C@@H]3C[C@H](C(=O)N[C@@H](CC)c4ccccc4)N(C(=O)[C@H](NC(=O)[C@@H](C)NC)C(C)(C)C)C3)c(C#N)c2-c2cnc(N)c(c2)N2CCC[C@H]12. The molecule has 7 N–H and O–H groups in total. The molecule has 2 saturated heterocycles. The van der Waals surface area contributed by atoms with Gasteiger partial charge in [-0.1, -0.05) is 70.7 Å². The van der Waals surface area contributed by atoms with Gasteiger partial charge < -0.3 is 66.0 Å². The van der Waals surface area contributed by atoms with Gasteiger partial charge in [-0.3, -0.25) is 33.4 Å². The van der Waals surface area contributed by atoms with E-state index in [1.165, 1.54) is 23.1 Å². The first kappa shape index (κ1) is 67.0. The Balaban J connectivity index is 0.793. The second-order valence-corrected chi connectivity index (χ2v) is 23.5. The van der Waals surface area contributed by atoms with Gasteiger partial charge in [-0.25, -0.2) is 9.37 Å². The van der Waals surface area contributed by atoms with Crippen LogP contribution in [-0.4, -0.2) is 176 Å². The van der Waals surface area contributed by atoms with Crippen molar-refractivity contribution in [2.45, 2.75) is 148 Å². The van der Waals surface area contributed by atoms with E-state index in [1.54, 1.807) is 29.7 Å². The molecule has 5 heterocycles. The van der Waals surface area contributed by atoms with Crippen molar-refractivity contribution in [2.24, 2.45) is 5.41 Å². The maximum absolute atomic E-state index is 15.1. The molecule has 0 unspecified atom stereocenters. The zero-order valence-electron chi connectivity index (χ0n) is 51.2. The number of rotatable bonds is 28. The number of carbonyl (C=O) groups is 6. The lowest BCUT2D eigenvalue weighted by Gasteiger charge is -2.36. The summed E-state index contributed by atoms with van der Waals surface area (Å²) in [5.41, 5.74) is 9.78. The first-order chi connectivity index (χ1) is 41.8. The van der Waals surface area contributed by atoms with Crippen LogP contribution in [-0.2, 0) is 60.8 Å². The lowest BCUT2D eigenvalue weighted by atomic mass is 9.85. The van der Waals surface area contributed by atoms with Gasteiger partial charge in [-0.2, -0.15) is 10.4 Å². The van der Waals surface area contributed by atoms with E-state index >= 15 is 4.39 Å². The topological polar surface area (TPSA) is 290 Å². The molecule has 3 aliphatic heterocycles. The fourth-order valence-electron chi connectivity index (χ4n) is 11.0. The van der Waals surface area contributed by atoms with E-state index in [2.05, 4.69) is 49.1 Å². The van der Waals surface area contributed by atoms with Crippen molar-refractivity contribution in [3.8, 4) is 17.2 Å². The quantitative estimate of drug-likeness (QED) is 0.0538. The summed E-state index contributed by atoms with van der Waals surface area (Å²) in [6.45, 7) is 16.5. The Labute approximate surface area is 510 Å². The lowest BCUT2D eigenvalue weighted by Crippen LogP contribution is -2.59. The van der Waals surface area contributed by atoms with Crippen LogP contribution in [0.2, 0.25) is 0 Å². The van der Waals surface area contributed by atoms with Crippen molar-refractivity contribution in [3.63, 3.8) is 0 Å². The molecule has 472 valence electrons. The Bertz CT molecular complexity index is 2970. The zero-order valence-corrected chi connectivity index (χ0v) is 51.2. The van der Waals surface area contributed by atoms with Crippen LogP contribution in [0.15, 0.2) is 78.8 Å². The van der Waals surface area contributed by atoms with Crippen molar-refractivity contribution >= 4 is 46.9 Å². The van der Waals surface area contributed by atoms with Crippen molar-refractivity contribution in [1.82, 2.24) is 51.1 Å². The number of carbonyl (C=O) groups excluding carboxylic acids is 6. The number of nitrogens with zero attached hydrogens (tertiary/aromatic N) is 7. The number of hydrogen-bond acceptors (Lipinski definition) is 16. The maximum atomic E-state index is 15.1. The molecule has 6 atom stereocenters. The molecule has 24 heteroatoms. The number of nitrogens with two attached hydrogens (primary N) is 1. The molecule has 4 aliphatic rings. The number of pyridine rings is 1. The Morgan fingerprint density at radius 2 is 1.60 bits per heavy atom. The molecule has 7 rings (SSSR count). The summed E-state index contributed by atoms with van der Waals surface area (Å²) >= 11 is 0. The molecule has 1 aromatic carbocycles. The largest absolute Gasteiger partial charge is 0.382 e. The summed E-state index contributed by atoms with van der Waals surface area (Å²) in [5, 5.41) is 30.3. The number of aromatic nitrogens is 3. The van der Waals surface area contributed by atoms with Gasteiger partial charge in [0, 0.05) is 68.3 Å². The third kappa shape index (κ3) is 19.0. The van der Waals surface area contributed by atoms with Crippen LogP contribution >= 0.6 is 0 Å². The van der Waals surface area contributed by atoms with E-state index in [9.17, 15) is 34.0 Å². The number of nitriles is 1. The smallest absolute Gasteiger partial charge is 0.246 e. The number of allylic oxidation sites excluding steroid dienone is 2. The summed E-state index contributed by atoms with van der Waals surface area (Å²) in [6, 6.07) is 10.4. The summed E-state index contributed by atoms with van der Waals surface area (Å²) in [6.07, 6.45) is 9.94. The molecule has 2 aromatic heterocycles. The summed E-state index contributed by atoms with van der Waals surface area (Å²) in [4.78, 5) is 90.9. The molecule has 3 fully saturated rings. The average molecular weight is 1210 g/mol. The van der Waals surface area contributed by atoms with Crippen molar-refractivity contribution < 1.29 is 52.1 Å². The fourth-order valence-corrected chi connectivity index (χ4v) is 11.0. The summed E-state index contributed by atoms with van der Waals surface area (Å²) in [5.74, 6) is -2.05. The minimum atomic E-state index is -0.938. The first-order valence-corrected chi connectivity index (χ1v) is 30.4. The van der Waals surface area contributed by atoms with Crippen LogP contribution in [0.5, 0.6) is 0 Å². The van der Waals surface area contributed by atoms with E-state index in [0.29, 0.717) is 54.3 Å². The normalized spacial score (nSPS) is 20.1. The second-order valence-electron chi connectivity index (χ2n) is 23.5. The minimum Gasteiger partial charge on any atom is -0.382 e. The van der Waals surface area contributed by atoms with Crippen LogP contribution in [0, 0.1) is 16.7 Å². The summed E-state index contributed by atoms with van der Waals surface area (Å²) < 4.78 is 39.2. The molecular weight excluding hydrogens is 1120 g/mol. The third-order valence-corrected chi connectivity index (χ3v) is 15.9. The van der Waals surface area contributed by atoms with E-state index in [4.69, 9.17) is 29.8 Å². The molecule has 6 amide bonds. The number of hydrogen-bond donors (Lipinski definition) is 6. The van der Waals surface area contributed by atoms with Crippen LogP contribution in [0.4, 0.5) is 15.9 Å². The summed E-state index contributed by atoms with van der Waals surface area (Å²) in [7, 11) is 1.66. The average Bonchev–Trinajstić information content (AvgIpc) is 1.79. The number of nitrogen functional groups attached to an aromatic ring is 1. The Morgan fingerprint density at radius 1 is 0.931 bits per heavy atom. The number of likely N-dealkylation sites (tertiary alicyclic amines) is 1. The molecule has 0 radical (unpaired) electrons. The second kappa shape index (κ2) is 32.4. The van der Waals surface area contributed by atoms with Crippen LogP contribution < -0.4 is 37.2 Å². The third-order valence-electron chi connectivity index (χ3n) is 15.9. The zero-order chi connectivity index (χ0) is 62.6. The fraction of sp³-hybridized carbons (Fsp3) is 0.571. The Kier molecular flexibility index (Phi) is 25.0. The number of anilines is 2. The highest BCUT2D eigenvalue weighted by Gasteiger charge is 2.46. The van der Waals surface area contributed by atoms with Crippen LogP contribution in [0.25, 0.3) is 11.1 Å². The number of halogens is 1. The Hall–Kier alpha value is -7.56. The van der Waals surface area contributed by atoms with Crippen LogP contribution in [0.1, 0.15) is 115 Å². The van der Waals surface area contributed by atoms with Gasteiger partial charge in [0.2, 0.25) is 35.4 Å². The number of nitrogens with one attached hydrogen (secondary N) is 5. The van der Waals surface area contributed by atoms with Crippen molar-refractivity contribution in [3.05, 3.63) is 95.8 Å². The molecule has 3 aromatic rings. The highest BCUT2D eigenvalue weighted by molar-refractivity contribution is 5.94. The number of fused-ring (bicyclic) bond motifs is 6. The van der Waals surface area contributed by atoms with Gasteiger partial charge in [0.1, 0.15) is 35.5 Å². The monoisotopic (exact) mass is 1210 g/mol. The number of amides is 6. The van der Waals surface area contributed by atoms with Gasteiger partial charge in [0.15, 0.2) is 0 Å². The molecule has 23 nitrogen and oxygen atoms in total. The van der Waals surface area contributed by atoms with Crippen molar-refractivity contribution in [1.29, 1.82) is 5.26 Å². The van der Waals surface area contributed by atoms with Gasteiger partial charge >= 0.3 is 0 Å². The molecule has 1 aliphatic carbocycles. The minimum absolute atomic E-state index is 0.00912. The van der Waals surface area contributed by atoms with Gasteiger partial charge in [0.05, 0.1) is 95.5 Å². The molecule has 87 heavy (non-hydrogen) atoms. The predicted molar refractivity (Wildman–Crippen MR) is 326 cm³/mol. The lowest BCUT2D eigenvalue weighted by molar-refractivity contribution is -0.144. The van der Waals surface area contributed by atoms with E-state index in [1.807, 2.05) is 64.1 Å². The molecular formula is C63H88FN13O10. The van der Waals surface area contributed by atoms with Gasteiger partial charge in [-0.05, 0) is 87.3 Å². The Morgan fingerprint density at radius 3 is 2.23 bits per heavy atom. The molecule has 2 bridgehead atoms. The predicted octanol–water partition coefficient (Wildman–Crippen LogP) is 4.68. The molecule has 0 spiro atoms.